The number of nitro groups is 1. The third-order valence-corrected chi connectivity index (χ3v) is 5.24. The van der Waals surface area contributed by atoms with Crippen molar-refractivity contribution in [3.8, 4) is 0 Å². The Hall–Kier alpha value is -3.71. The number of hydrogen-bond donors (Lipinski definition) is 3. The van der Waals surface area contributed by atoms with Gasteiger partial charge >= 0.3 is 18.0 Å². The Morgan fingerprint density at radius 3 is 2.56 bits per heavy atom. The number of aryl methyl sites for hydroxylation is 1. The van der Waals surface area contributed by atoms with Gasteiger partial charge in [0.1, 0.15) is 24.0 Å². The van der Waals surface area contributed by atoms with Crippen LogP contribution in [0.1, 0.15) is 47.0 Å². The fourth-order valence-electron chi connectivity index (χ4n) is 3.56. The van der Waals surface area contributed by atoms with Crippen LogP contribution in [0.15, 0.2) is 12.4 Å². The highest BCUT2D eigenvalue weighted by Gasteiger charge is 2.47. The molecular weight excluding hydrogens is 452 g/mol. The standard InChI is InChI=1S/C20H30N6O8/c1-13(27)25-10-7-20(12-25,16(29)30)23-15(28)14(22-18(31)34-19(2,3)4)6-5-9-24-11-8-21-17(24)26(32)33/h8,11,14H,5-7,9-10,12H2,1-4H3,(H,22,31)(H,23,28)(H,29,30)/t14-,20?/m0/s1. The summed E-state index contributed by atoms with van der Waals surface area (Å²) in [5.74, 6) is -2.74. The highest BCUT2D eigenvalue weighted by atomic mass is 16.6. The molecule has 3 N–H and O–H groups in total. The summed E-state index contributed by atoms with van der Waals surface area (Å²) in [4.78, 5) is 64.4. The van der Waals surface area contributed by atoms with E-state index >= 15 is 0 Å². The minimum atomic E-state index is -1.69. The van der Waals surface area contributed by atoms with Crippen LogP contribution in [-0.4, -0.2) is 78.6 Å². The largest absolute Gasteiger partial charge is 0.479 e. The first kappa shape index (κ1) is 26.5. The molecule has 1 aliphatic heterocycles. The summed E-state index contributed by atoms with van der Waals surface area (Å²) in [6, 6.07) is -1.18. The summed E-state index contributed by atoms with van der Waals surface area (Å²) < 4.78 is 6.50. The Morgan fingerprint density at radius 1 is 1.35 bits per heavy atom. The number of carbonyl (C=O) groups excluding carboxylic acids is 3. The first-order valence-corrected chi connectivity index (χ1v) is 10.7. The molecule has 0 radical (unpaired) electrons. The first-order valence-electron chi connectivity index (χ1n) is 10.7. The second-order valence-electron chi connectivity index (χ2n) is 9.09. The van der Waals surface area contributed by atoms with E-state index in [1.807, 2.05) is 0 Å². The van der Waals surface area contributed by atoms with Crippen LogP contribution in [0.2, 0.25) is 0 Å². The molecule has 34 heavy (non-hydrogen) atoms. The van der Waals surface area contributed by atoms with Crippen molar-refractivity contribution in [1.82, 2.24) is 25.1 Å². The molecule has 1 aromatic rings. The van der Waals surface area contributed by atoms with Crippen molar-refractivity contribution in [2.24, 2.45) is 0 Å². The number of nitrogens with zero attached hydrogens (tertiary/aromatic N) is 4. The average molecular weight is 482 g/mol. The van der Waals surface area contributed by atoms with Crippen molar-refractivity contribution < 1.29 is 33.9 Å². The molecule has 2 atom stereocenters. The normalized spacial score (nSPS) is 18.8. The van der Waals surface area contributed by atoms with E-state index in [1.165, 1.54) is 28.8 Å². The van der Waals surface area contributed by atoms with Crippen molar-refractivity contribution in [2.75, 3.05) is 13.1 Å². The van der Waals surface area contributed by atoms with Crippen LogP contribution >= 0.6 is 0 Å². The van der Waals surface area contributed by atoms with E-state index in [-0.39, 0.29) is 50.8 Å². The molecule has 2 heterocycles. The zero-order valence-corrected chi connectivity index (χ0v) is 19.6. The van der Waals surface area contributed by atoms with Crippen LogP contribution in [0.25, 0.3) is 0 Å². The van der Waals surface area contributed by atoms with Gasteiger partial charge in [-0.2, -0.15) is 0 Å². The fourth-order valence-corrected chi connectivity index (χ4v) is 3.56. The third-order valence-electron chi connectivity index (χ3n) is 5.24. The number of imidazole rings is 1. The van der Waals surface area contributed by atoms with Crippen molar-refractivity contribution in [2.45, 2.75) is 70.7 Å². The maximum Gasteiger partial charge on any atom is 0.434 e. The lowest BCUT2D eigenvalue weighted by Gasteiger charge is -2.29. The lowest BCUT2D eigenvalue weighted by atomic mass is 9.97. The van der Waals surface area contributed by atoms with Gasteiger partial charge in [-0.25, -0.2) is 14.2 Å². The number of aliphatic carboxylic acids is 1. The van der Waals surface area contributed by atoms with E-state index in [9.17, 15) is 34.4 Å². The summed E-state index contributed by atoms with van der Waals surface area (Å²) in [5, 5.41) is 25.7. The molecule has 0 aliphatic carbocycles. The summed E-state index contributed by atoms with van der Waals surface area (Å²) in [6.45, 7) is 6.34. The molecular formula is C20H30N6O8. The number of carbonyl (C=O) groups is 4. The zero-order chi connectivity index (χ0) is 25.7. The van der Waals surface area contributed by atoms with Gasteiger partial charge in [-0.3, -0.25) is 9.59 Å². The maximum atomic E-state index is 13.1. The van der Waals surface area contributed by atoms with Gasteiger partial charge in [0, 0.05) is 19.9 Å². The number of aromatic nitrogens is 2. The molecule has 1 aliphatic rings. The number of nitrogens with one attached hydrogen (secondary N) is 2. The van der Waals surface area contributed by atoms with Crippen LogP contribution in [0.3, 0.4) is 0 Å². The minimum absolute atomic E-state index is 0.00798. The van der Waals surface area contributed by atoms with Gasteiger partial charge < -0.3 is 35.5 Å². The molecule has 14 heteroatoms. The van der Waals surface area contributed by atoms with E-state index in [4.69, 9.17) is 4.74 Å². The second kappa shape index (κ2) is 10.5. The monoisotopic (exact) mass is 482 g/mol. The molecule has 188 valence electrons. The van der Waals surface area contributed by atoms with Gasteiger partial charge in [0.15, 0.2) is 5.54 Å². The van der Waals surface area contributed by atoms with E-state index < -0.39 is 40.1 Å². The highest BCUT2D eigenvalue weighted by Crippen LogP contribution is 2.23. The summed E-state index contributed by atoms with van der Waals surface area (Å²) >= 11 is 0. The van der Waals surface area contributed by atoms with E-state index in [1.54, 1.807) is 20.8 Å². The topological polar surface area (TPSA) is 186 Å². The van der Waals surface area contributed by atoms with E-state index in [0.29, 0.717) is 0 Å². The fraction of sp³-hybridized carbons (Fsp3) is 0.650. The number of amides is 3. The predicted molar refractivity (Wildman–Crippen MR) is 117 cm³/mol. The van der Waals surface area contributed by atoms with Gasteiger partial charge in [-0.1, -0.05) is 4.98 Å². The lowest BCUT2D eigenvalue weighted by molar-refractivity contribution is -0.396. The molecule has 0 spiro atoms. The summed E-state index contributed by atoms with van der Waals surface area (Å²) in [5.41, 5.74) is -2.53. The van der Waals surface area contributed by atoms with E-state index in [0.717, 1.165) is 0 Å². The second-order valence-corrected chi connectivity index (χ2v) is 9.09. The average Bonchev–Trinajstić information content (AvgIpc) is 3.33. The molecule has 0 saturated carbocycles. The SMILES string of the molecule is CC(=O)N1CCC(NC(=O)[C@H](CCCn2ccnc2[N+](=O)[O-])NC(=O)OC(C)(C)C)(C(=O)O)C1. The quantitative estimate of drug-likeness (QED) is 0.336. The minimum Gasteiger partial charge on any atom is -0.479 e. The van der Waals surface area contributed by atoms with Crippen LogP contribution in [0.5, 0.6) is 0 Å². The Bertz CT molecular complexity index is 955. The number of likely N-dealkylation sites (tertiary alicyclic amines) is 1. The van der Waals surface area contributed by atoms with Gasteiger partial charge in [-0.05, 0) is 38.5 Å². The smallest absolute Gasteiger partial charge is 0.434 e. The molecule has 0 bridgehead atoms. The number of hydrogen-bond acceptors (Lipinski definition) is 8. The number of alkyl carbamates (subject to hydrolysis) is 1. The van der Waals surface area contributed by atoms with Crippen LogP contribution in [0.4, 0.5) is 10.7 Å². The Balaban J connectivity index is 2.15. The summed E-state index contributed by atoms with van der Waals surface area (Å²) in [6.07, 6.45) is 2.09. The number of rotatable bonds is 9. The van der Waals surface area contributed by atoms with Gasteiger partial charge in [0.2, 0.25) is 11.8 Å². The van der Waals surface area contributed by atoms with Crippen LogP contribution in [0, 0.1) is 10.1 Å². The highest BCUT2D eigenvalue weighted by molar-refractivity contribution is 5.92. The Kier molecular flexibility index (Phi) is 8.18. The van der Waals surface area contributed by atoms with E-state index in [2.05, 4.69) is 15.6 Å². The van der Waals surface area contributed by atoms with Crippen LogP contribution < -0.4 is 10.6 Å². The van der Waals surface area contributed by atoms with Crippen molar-refractivity contribution in [3.63, 3.8) is 0 Å². The third kappa shape index (κ3) is 6.89. The molecule has 1 saturated heterocycles. The lowest BCUT2D eigenvalue weighted by Crippen LogP contribution is -2.61. The van der Waals surface area contributed by atoms with Gasteiger partial charge in [0.05, 0.1) is 13.1 Å². The molecule has 0 aromatic carbocycles. The Morgan fingerprint density at radius 2 is 2.03 bits per heavy atom. The van der Waals surface area contributed by atoms with Crippen molar-refractivity contribution in [3.05, 3.63) is 22.5 Å². The molecule has 3 amide bonds. The molecule has 1 aromatic heterocycles. The maximum absolute atomic E-state index is 13.1. The molecule has 1 unspecified atom stereocenters. The molecule has 1 fully saturated rings. The molecule has 2 rings (SSSR count). The Labute approximate surface area is 195 Å². The number of ether oxygens (including phenoxy) is 1. The molecule has 14 nitrogen and oxygen atoms in total. The van der Waals surface area contributed by atoms with Gasteiger partial charge in [-0.15, -0.1) is 0 Å². The predicted octanol–water partition coefficient (Wildman–Crippen LogP) is 0.657. The summed E-state index contributed by atoms with van der Waals surface area (Å²) in [7, 11) is 0. The number of carboxylic acids is 1. The zero-order valence-electron chi connectivity index (χ0n) is 19.6. The van der Waals surface area contributed by atoms with Crippen molar-refractivity contribution >= 4 is 29.8 Å². The first-order chi connectivity index (χ1) is 15.7. The van der Waals surface area contributed by atoms with Gasteiger partial charge in [0.25, 0.3) is 0 Å². The van der Waals surface area contributed by atoms with Crippen LogP contribution in [-0.2, 0) is 25.7 Å². The van der Waals surface area contributed by atoms with Crippen molar-refractivity contribution in [1.29, 1.82) is 0 Å². The number of carboxylic acid groups (broad SMARTS) is 1.